The van der Waals surface area contributed by atoms with Gasteiger partial charge < -0.3 is 14.6 Å². The van der Waals surface area contributed by atoms with Crippen molar-refractivity contribution in [1.82, 2.24) is 20.1 Å². The van der Waals surface area contributed by atoms with E-state index in [-0.39, 0.29) is 24.0 Å². The van der Waals surface area contributed by atoms with E-state index in [0.29, 0.717) is 18.5 Å². The lowest BCUT2D eigenvalue weighted by atomic mass is 10.2. The van der Waals surface area contributed by atoms with Crippen LogP contribution in [0.1, 0.15) is 19.0 Å². The van der Waals surface area contributed by atoms with Gasteiger partial charge in [-0.05, 0) is 25.5 Å². The minimum Gasteiger partial charge on any atom is -0.444 e. The van der Waals surface area contributed by atoms with Gasteiger partial charge in [0.1, 0.15) is 12.0 Å². The highest BCUT2D eigenvalue weighted by Crippen LogP contribution is 2.20. The van der Waals surface area contributed by atoms with Gasteiger partial charge in [-0.2, -0.15) is 0 Å². The van der Waals surface area contributed by atoms with Crippen LogP contribution in [0, 0.1) is 0 Å². The van der Waals surface area contributed by atoms with Crippen LogP contribution in [0.15, 0.2) is 58.2 Å². The first-order valence-corrected chi connectivity index (χ1v) is 9.75. The Balaban J connectivity index is 0.00000225. The smallest absolute Gasteiger partial charge is 0.226 e. The zero-order valence-corrected chi connectivity index (χ0v) is 18.6. The largest absolute Gasteiger partial charge is 0.444 e. The number of guanidine groups is 1. The summed E-state index contributed by atoms with van der Waals surface area (Å²) in [5.74, 6) is 1.62. The summed E-state index contributed by atoms with van der Waals surface area (Å²) in [6.45, 7) is 7.71. The van der Waals surface area contributed by atoms with Gasteiger partial charge >= 0.3 is 0 Å². The van der Waals surface area contributed by atoms with Crippen LogP contribution >= 0.6 is 24.0 Å². The second kappa shape index (κ2) is 10.1. The molecule has 0 bridgehead atoms. The summed E-state index contributed by atoms with van der Waals surface area (Å²) in [5.41, 5.74) is 1.84. The van der Waals surface area contributed by atoms with E-state index in [1.54, 1.807) is 6.26 Å². The molecule has 0 spiro atoms. The summed E-state index contributed by atoms with van der Waals surface area (Å²) >= 11 is 0. The van der Waals surface area contributed by atoms with Gasteiger partial charge in [-0.3, -0.25) is 4.90 Å². The summed E-state index contributed by atoms with van der Waals surface area (Å²) in [4.78, 5) is 14.3. The average Bonchev–Trinajstić information content (AvgIpc) is 3.47. The maximum Gasteiger partial charge on any atom is 0.226 e. The van der Waals surface area contributed by atoms with E-state index in [1.807, 2.05) is 30.3 Å². The van der Waals surface area contributed by atoms with Crippen molar-refractivity contribution in [3.63, 3.8) is 0 Å². The molecule has 1 saturated heterocycles. The molecule has 1 aromatic heterocycles. The van der Waals surface area contributed by atoms with E-state index in [9.17, 15) is 0 Å². The predicted molar refractivity (Wildman–Crippen MR) is 123 cm³/mol. The molecule has 0 amide bonds. The van der Waals surface area contributed by atoms with Gasteiger partial charge in [0.2, 0.25) is 5.89 Å². The van der Waals surface area contributed by atoms with E-state index < -0.39 is 0 Å². The average molecular weight is 493 g/mol. The summed E-state index contributed by atoms with van der Waals surface area (Å²) in [6.07, 6.45) is 7.42. The highest BCUT2D eigenvalue weighted by Gasteiger charge is 2.29. The molecular weight excluding hydrogens is 465 g/mol. The van der Waals surface area contributed by atoms with Gasteiger partial charge in [-0.25, -0.2) is 9.98 Å². The van der Waals surface area contributed by atoms with Crippen molar-refractivity contribution in [1.29, 1.82) is 0 Å². The van der Waals surface area contributed by atoms with Crippen LogP contribution in [-0.4, -0.2) is 59.5 Å². The highest BCUT2D eigenvalue weighted by molar-refractivity contribution is 14.0. The monoisotopic (exact) mass is 493 g/mol. The third kappa shape index (κ3) is 4.94. The van der Waals surface area contributed by atoms with E-state index in [4.69, 9.17) is 9.41 Å². The van der Waals surface area contributed by atoms with Crippen molar-refractivity contribution in [2.75, 3.05) is 32.7 Å². The number of oxazole rings is 1. The molecule has 28 heavy (non-hydrogen) atoms. The van der Waals surface area contributed by atoms with Crippen LogP contribution in [0.5, 0.6) is 0 Å². The molecule has 1 N–H and O–H groups in total. The SMILES string of the molecule is CCNC(=NCc1coc(-c2ccccc2)n1)N1CCC(N2CC=CC2)C1.I. The maximum atomic E-state index is 5.63. The lowest BCUT2D eigenvalue weighted by Gasteiger charge is -2.25. The van der Waals surface area contributed by atoms with Crippen molar-refractivity contribution in [2.24, 2.45) is 4.99 Å². The Labute approximate surface area is 183 Å². The fraction of sp³-hybridized carbons (Fsp3) is 0.429. The summed E-state index contributed by atoms with van der Waals surface area (Å²) in [6, 6.07) is 10.6. The zero-order valence-electron chi connectivity index (χ0n) is 16.3. The number of nitrogens with zero attached hydrogens (tertiary/aromatic N) is 4. The molecule has 2 aliphatic rings. The summed E-state index contributed by atoms with van der Waals surface area (Å²) < 4.78 is 5.63. The second-order valence-electron chi connectivity index (χ2n) is 6.99. The molecule has 0 aliphatic carbocycles. The topological polar surface area (TPSA) is 56.9 Å². The minimum absolute atomic E-state index is 0. The Morgan fingerprint density at radius 3 is 2.79 bits per heavy atom. The molecular formula is C21H28IN5O. The molecule has 1 atom stereocenters. The quantitative estimate of drug-likeness (QED) is 0.300. The van der Waals surface area contributed by atoms with Crippen LogP contribution in [0.2, 0.25) is 0 Å². The predicted octanol–water partition coefficient (Wildman–Crippen LogP) is 3.37. The summed E-state index contributed by atoms with van der Waals surface area (Å²) in [7, 11) is 0. The van der Waals surface area contributed by atoms with Gasteiger partial charge in [-0.1, -0.05) is 30.4 Å². The van der Waals surface area contributed by atoms with Crippen LogP contribution in [-0.2, 0) is 6.54 Å². The minimum atomic E-state index is 0. The van der Waals surface area contributed by atoms with Crippen molar-refractivity contribution >= 4 is 29.9 Å². The number of rotatable bonds is 5. The van der Waals surface area contributed by atoms with Gasteiger partial charge in [-0.15, -0.1) is 24.0 Å². The van der Waals surface area contributed by atoms with Gasteiger partial charge in [0.05, 0.1) is 6.54 Å². The van der Waals surface area contributed by atoms with Crippen LogP contribution in [0.3, 0.4) is 0 Å². The fourth-order valence-corrected chi connectivity index (χ4v) is 3.70. The maximum absolute atomic E-state index is 5.63. The Morgan fingerprint density at radius 1 is 1.25 bits per heavy atom. The molecule has 3 heterocycles. The Kier molecular flexibility index (Phi) is 7.50. The molecule has 150 valence electrons. The van der Waals surface area contributed by atoms with Crippen molar-refractivity contribution in [2.45, 2.75) is 25.9 Å². The third-order valence-corrected chi connectivity index (χ3v) is 5.12. The number of likely N-dealkylation sites (tertiary alicyclic amines) is 1. The number of hydrogen-bond donors (Lipinski definition) is 1. The zero-order chi connectivity index (χ0) is 18.5. The molecule has 1 unspecified atom stereocenters. The highest BCUT2D eigenvalue weighted by atomic mass is 127. The van der Waals surface area contributed by atoms with E-state index in [0.717, 1.165) is 49.9 Å². The molecule has 4 rings (SSSR count). The first-order chi connectivity index (χ1) is 13.3. The molecule has 2 aromatic rings. The van der Waals surface area contributed by atoms with Crippen molar-refractivity contribution in [3.05, 3.63) is 54.4 Å². The standard InChI is InChI=1S/C21H27N5O.HI/c1-2-22-21(26-13-10-19(15-26)25-11-6-7-12-25)23-14-18-16-27-20(24-18)17-8-4-3-5-9-17;/h3-9,16,19H,2,10-15H2,1H3,(H,22,23);1H. The van der Waals surface area contributed by atoms with Crippen LogP contribution in [0.4, 0.5) is 0 Å². The lowest BCUT2D eigenvalue weighted by molar-refractivity contribution is 0.259. The Morgan fingerprint density at radius 2 is 2.04 bits per heavy atom. The first kappa shape index (κ1) is 20.9. The third-order valence-electron chi connectivity index (χ3n) is 5.12. The van der Waals surface area contributed by atoms with Gasteiger partial charge in [0.15, 0.2) is 5.96 Å². The van der Waals surface area contributed by atoms with E-state index in [1.165, 1.54) is 6.42 Å². The second-order valence-corrected chi connectivity index (χ2v) is 6.99. The lowest BCUT2D eigenvalue weighted by Crippen LogP contribution is -2.42. The number of nitrogens with one attached hydrogen (secondary N) is 1. The molecule has 0 saturated carbocycles. The van der Waals surface area contributed by atoms with Crippen LogP contribution < -0.4 is 5.32 Å². The molecule has 0 radical (unpaired) electrons. The van der Waals surface area contributed by atoms with Crippen LogP contribution in [0.25, 0.3) is 11.5 Å². The molecule has 1 aromatic carbocycles. The Bertz CT molecular complexity index is 796. The van der Waals surface area contributed by atoms with Crippen molar-refractivity contribution in [3.8, 4) is 11.5 Å². The summed E-state index contributed by atoms with van der Waals surface area (Å²) in [5, 5.41) is 3.43. The van der Waals surface area contributed by atoms with Gasteiger partial charge in [0.25, 0.3) is 0 Å². The molecule has 2 aliphatic heterocycles. The number of halogens is 1. The van der Waals surface area contributed by atoms with Crippen molar-refractivity contribution < 1.29 is 4.42 Å². The van der Waals surface area contributed by atoms with Gasteiger partial charge in [0, 0.05) is 44.3 Å². The Hall–Kier alpha value is -1.87. The number of aliphatic imine (C=N–C) groups is 1. The first-order valence-electron chi connectivity index (χ1n) is 9.75. The van der Waals surface area contributed by atoms with E-state index >= 15 is 0 Å². The molecule has 6 nitrogen and oxygen atoms in total. The normalized spacial score (nSPS) is 19.8. The number of hydrogen-bond acceptors (Lipinski definition) is 4. The number of benzene rings is 1. The fourth-order valence-electron chi connectivity index (χ4n) is 3.70. The molecule has 1 fully saturated rings. The number of aromatic nitrogens is 1. The van der Waals surface area contributed by atoms with E-state index in [2.05, 4.69) is 39.2 Å². The molecule has 7 heteroatoms.